The first-order valence-electron chi connectivity index (χ1n) is 1.91. The summed E-state index contributed by atoms with van der Waals surface area (Å²) in [4.78, 5) is 20.3. The largest absolute Gasteiger partial charge is 0.338 e. The molecule has 0 radical (unpaired) electrons. The van der Waals surface area contributed by atoms with E-state index in [1.165, 1.54) is 0 Å². The summed E-state index contributed by atoms with van der Waals surface area (Å²) in [5, 5.41) is 1.92. The normalized spacial score (nSPS) is 18.5. The Bertz CT molecular complexity index is 118. The van der Waals surface area contributed by atoms with E-state index in [0.717, 1.165) is 0 Å². The summed E-state index contributed by atoms with van der Waals surface area (Å²) in [6.45, 7) is 0. The fourth-order valence-corrected chi connectivity index (χ4v) is 0.310. The number of hydrogen-bond acceptors (Lipinski definition) is 3. The Morgan fingerprint density at radius 1 is 1.00 bits per heavy atom. The maximum absolute atomic E-state index is 10.1. The Hall–Kier alpha value is -1.30. The molecule has 1 fully saturated rings. The summed E-state index contributed by atoms with van der Waals surface area (Å²) in [5.41, 5.74) is 6.28. The first-order chi connectivity index (χ1) is 3.79. The number of amides is 4. The average Bonchev–Trinajstić information content (AvgIpc) is 1.64. The molecule has 1 heterocycles. The van der Waals surface area contributed by atoms with Gasteiger partial charge < -0.3 is 0 Å². The number of carbonyl (C=O) groups is 2. The van der Waals surface area contributed by atoms with E-state index >= 15 is 0 Å². The van der Waals surface area contributed by atoms with Crippen molar-refractivity contribution in [1.29, 1.82) is 0 Å². The lowest BCUT2D eigenvalue weighted by atomic mass is 10.9. The number of hydrazine groups is 2. The number of carbonyl (C=O) groups excluding carboxylic acids is 2. The van der Waals surface area contributed by atoms with Crippen LogP contribution in [0, 0.1) is 0 Å². The van der Waals surface area contributed by atoms with Gasteiger partial charge in [0.25, 0.3) is 0 Å². The highest BCUT2D eigenvalue weighted by atomic mass is 16.2. The first kappa shape index (κ1) is 4.85. The van der Waals surface area contributed by atoms with Gasteiger partial charge in [-0.15, -0.1) is 5.53 Å². The highest BCUT2D eigenvalue weighted by molar-refractivity contribution is 5.94. The summed E-state index contributed by atoms with van der Waals surface area (Å²) in [6, 6.07) is -1.12. The maximum Gasteiger partial charge on any atom is 0.338 e. The molecule has 0 aliphatic carbocycles. The number of nitrogens with one attached hydrogen (secondary N) is 4. The lowest BCUT2D eigenvalue weighted by Gasteiger charge is -2.13. The van der Waals surface area contributed by atoms with Crippen molar-refractivity contribution in [3.05, 3.63) is 0 Å². The van der Waals surface area contributed by atoms with Gasteiger partial charge in [-0.1, -0.05) is 0 Å². The van der Waals surface area contributed by atoms with Gasteiger partial charge in [0.15, 0.2) is 0 Å². The van der Waals surface area contributed by atoms with Crippen molar-refractivity contribution < 1.29 is 9.59 Å². The van der Waals surface area contributed by atoms with Gasteiger partial charge in [0.1, 0.15) is 0 Å². The lowest BCUT2D eigenvalue weighted by molar-refractivity contribution is 0.207. The molecule has 1 aliphatic rings. The van der Waals surface area contributed by atoms with Crippen LogP contribution in [0.1, 0.15) is 0 Å². The second kappa shape index (κ2) is 1.66. The minimum atomic E-state index is -0.561. The minimum Gasteiger partial charge on any atom is -0.257 e. The van der Waals surface area contributed by atoms with Gasteiger partial charge in [0.05, 0.1) is 0 Å². The van der Waals surface area contributed by atoms with E-state index in [4.69, 9.17) is 0 Å². The Labute approximate surface area is 44.6 Å². The number of urea groups is 2. The summed E-state index contributed by atoms with van der Waals surface area (Å²) >= 11 is 0. The molecule has 1 saturated heterocycles. The average molecular weight is 116 g/mol. The monoisotopic (exact) mass is 116 g/mol. The molecule has 44 valence electrons. The van der Waals surface area contributed by atoms with Crippen molar-refractivity contribution in [1.82, 2.24) is 21.7 Å². The van der Waals surface area contributed by atoms with Gasteiger partial charge in [0.2, 0.25) is 0 Å². The van der Waals surface area contributed by atoms with Crippen LogP contribution in [0.2, 0.25) is 0 Å². The van der Waals surface area contributed by atoms with Gasteiger partial charge in [-0.05, 0) is 0 Å². The summed E-state index contributed by atoms with van der Waals surface area (Å²) < 4.78 is 0. The van der Waals surface area contributed by atoms with Crippen molar-refractivity contribution in [3.8, 4) is 0 Å². The van der Waals surface area contributed by atoms with E-state index in [1.54, 1.807) is 0 Å². The second-order valence-electron chi connectivity index (χ2n) is 1.16. The molecule has 4 N–H and O–H groups in total. The summed E-state index contributed by atoms with van der Waals surface area (Å²) in [7, 11) is 0. The highest BCUT2D eigenvalue weighted by Gasteiger charge is 2.10. The van der Waals surface area contributed by atoms with E-state index < -0.39 is 12.1 Å². The van der Waals surface area contributed by atoms with Gasteiger partial charge in [-0.25, -0.2) is 9.59 Å². The Morgan fingerprint density at radius 2 is 1.50 bits per heavy atom. The third kappa shape index (κ3) is 0.850. The van der Waals surface area contributed by atoms with Crippen LogP contribution in [0.25, 0.3) is 0 Å². The smallest absolute Gasteiger partial charge is 0.257 e. The van der Waals surface area contributed by atoms with Crippen molar-refractivity contribution in [2.24, 2.45) is 0 Å². The van der Waals surface area contributed by atoms with Gasteiger partial charge >= 0.3 is 12.1 Å². The van der Waals surface area contributed by atoms with Crippen molar-refractivity contribution in [2.45, 2.75) is 0 Å². The number of hydrogen-bond donors (Lipinski definition) is 4. The van der Waals surface area contributed by atoms with Crippen LogP contribution in [-0.4, -0.2) is 12.1 Å². The van der Waals surface area contributed by atoms with Crippen molar-refractivity contribution >= 4 is 12.1 Å². The Balaban J connectivity index is 2.45. The Kier molecular flexibility index (Phi) is 1.01. The SMILES string of the molecule is O=C1NNNC(=O)N1. The zero-order valence-corrected chi connectivity index (χ0v) is 3.82. The number of imide groups is 1. The Morgan fingerprint density at radius 3 is 1.75 bits per heavy atom. The van der Waals surface area contributed by atoms with Gasteiger partial charge in [-0.3, -0.25) is 16.2 Å². The summed E-state index contributed by atoms with van der Waals surface area (Å²) in [6.07, 6.45) is 0. The summed E-state index contributed by atoms with van der Waals surface area (Å²) in [5.74, 6) is 0. The molecule has 0 spiro atoms. The maximum atomic E-state index is 10.1. The first-order valence-corrected chi connectivity index (χ1v) is 1.91. The van der Waals surface area contributed by atoms with Crippen molar-refractivity contribution in [2.75, 3.05) is 0 Å². The zero-order valence-electron chi connectivity index (χ0n) is 3.82. The van der Waals surface area contributed by atoms with Gasteiger partial charge in [-0.2, -0.15) is 0 Å². The van der Waals surface area contributed by atoms with Crippen LogP contribution in [0.4, 0.5) is 9.59 Å². The molecule has 1 aliphatic heterocycles. The van der Waals surface area contributed by atoms with Crippen LogP contribution < -0.4 is 21.7 Å². The molecule has 0 aromatic heterocycles. The van der Waals surface area contributed by atoms with E-state index in [2.05, 4.69) is 16.4 Å². The molecule has 0 unspecified atom stereocenters. The molecule has 4 amide bonds. The molecule has 0 bridgehead atoms. The zero-order chi connectivity index (χ0) is 5.98. The van der Waals surface area contributed by atoms with Crippen LogP contribution in [0.3, 0.4) is 0 Å². The van der Waals surface area contributed by atoms with Crippen LogP contribution in [-0.2, 0) is 0 Å². The molecule has 0 saturated carbocycles. The fourth-order valence-electron chi connectivity index (χ4n) is 0.310. The predicted molar refractivity (Wildman–Crippen MR) is 23.3 cm³/mol. The molecule has 0 atom stereocenters. The standard InChI is InChI=1S/C2H4N4O2/c7-1-3-2(8)5-6-4-1/h6H,(H3,3,4,5,7,8). The van der Waals surface area contributed by atoms with Crippen LogP contribution >= 0.6 is 0 Å². The molecule has 8 heavy (non-hydrogen) atoms. The molecule has 6 heteroatoms. The molecular formula is C2H4N4O2. The van der Waals surface area contributed by atoms with E-state index in [0.29, 0.717) is 0 Å². The highest BCUT2D eigenvalue weighted by Crippen LogP contribution is 1.66. The molecule has 0 aromatic rings. The van der Waals surface area contributed by atoms with Gasteiger partial charge in [0, 0.05) is 0 Å². The molecular weight excluding hydrogens is 112 g/mol. The molecule has 1 rings (SSSR count). The van der Waals surface area contributed by atoms with E-state index in [-0.39, 0.29) is 0 Å². The molecule has 0 aromatic carbocycles. The minimum absolute atomic E-state index is 0.561. The number of rotatable bonds is 0. The molecule has 6 nitrogen and oxygen atoms in total. The topological polar surface area (TPSA) is 82.3 Å². The quantitative estimate of drug-likeness (QED) is 0.308. The van der Waals surface area contributed by atoms with Crippen molar-refractivity contribution in [3.63, 3.8) is 0 Å². The lowest BCUT2D eigenvalue weighted by Crippen LogP contribution is -2.63. The third-order valence-electron chi connectivity index (χ3n) is 0.579. The second-order valence-corrected chi connectivity index (χ2v) is 1.16. The van der Waals surface area contributed by atoms with E-state index in [9.17, 15) is 9.59 Å². The fraction of sp³-hybridized carbons (Fsp3) is 0. The predicted octanol–water partition coefficient (Wildman–Crippen LogP) is -1.57. The third-order valence-corrected chi connectivity index (χ3v) is 0.579. The van der Waals surface area contributed by atoms with Crippen LogP contribution in [0.5, 0.6) is 0 Å². The van der Waals surface area contributed by atoms with Crippen LogP contribution in [0.15, 0.2) is 0 Å². The van der Waals surface area contributed by atoms with E-state index in [1.807, 2.05) is 5.32 Å².